The lowest BCUT2D eigenvalue weighted by Gasteiger charge is -2.04. The minimum absolute atomic E-state index is 0.853. The maximum atomic E-state index is 5.34. The van der Waals surface area contributed by atoms with Crippen LogP contribution >= 0.6 is 0 Å². The molecule has 0 aliphatic rings. The maximum absolute atomic E-state index is 5.34. The average molecular weight is 245 g/mol. The molecule has 0 unspecified atom stereocenters. The Morgan fingerprint density at radius 1 is 1.33 bits per heavy atom. The zero-order valence-corrected chi connectivity index (χ0v) is 10.9. The number of aromatic nitrogens is 2. The summed E-state index contributed by atoms with van der Waals surface area (Å²) in [7, 11) is 3.65. The van der Waals surface area contributed by atoms with Crippen LogP contribution in [0.1, 0.15) is 12.1 Å². The lowest BCUT2D eigenvalue weighted by atomic mass is 10.1. The van der Waals surface area contributed by atoms with Crippen molar-refractivity contribution in [2.45, 2.75) is 12.8 Å². The van der Waals surface area contributed by atoms with Gasteiger partial charge in [-0.2, -0.15) is 5.10 Å². The van der Waals surface area contributed by atoms with Crippen molar-refractivity contribution in [1.82, 2.24) is 15.5 Å². The predicted octanol–water partition coefficient (Wildman–Crippen LogP) is 2.24. The van der Waals surface area contributed by atoms with E-state index in [0.717, 1.165) is 42.1 Å². The van der Waals surface area contributed by atoms with E-state index >= 15 is 0 Å². The molecule has 0 aliphatic carbocycles. The standard InChI is InChI=1S/C14H19N3O/c1-15-9-5-6-11-10-13(17-16-11)12-7-3-4-8-14(12)18-2/h3-4,7-8,10,15H,5-6,9H2,1-2H3,(H,16,17). The highest BCUT2D eigenvalue weighted by Crippen LogP contribution is 2.28. The summed E-state index contributed by atoms with van der Waals surface area (Å²) >= 11 is 0. The molecule has 0 bridgehead atoms. The highest BCUT2D eigenvalue weighted by Gasteiger charge is 2.08. The van der Waals surface area contributed by atoms with Crippen LogP contribution in [-0.2, 0) is 6.42 Å². The fourth-order valence-corrected chi connectivity index (χ4v) is 1.94. The summed E-state index contributed by atoms with van der Waals surface area (Å²) in [5, 5.41) is 10.6. The third kappa shape index (κ3) is 2.90. The van der Waals surface area contributed by atoms with Crippen molar-refractivity contribution >= 4 is 0 Å². The molecule has 0 saturated heterocycles. The highest BCUT2D eigenvalue weighted by molar-refractivity contribution is 5.67. The number of hydrogen-bond donors (Lipinski definition) is 2. The van der Waals surface area contributed by atoms with Crippen LogP contribution in [0.5, 0.6) is 5.75 Å². The number of nitrogens with zero attached hydrogens (tertiary/aromatic N) is 1. The van der Waals surface area contributed by atoms with Crippen molar-refractivity contribution in [2.75, 3.05) is 20.7 Å². The Kier molecular flexibility index (Phi) is 4.36. The van der Waals surface area contributed by atoms with E-state index in [9.17, 15) is 0 Å². The lowest BCUT2D eigenvalue weighted by molar-refractivity contribution is 0.416. The first-order chi connectivity index (χ1) is 8.85. The Labute approximate surface area is 107 Å². The first-order valence-electron chi connectivity index (χ1n) is 6.17. The van der Waals surface area contributed by atoms with E-state index < -0.39 is 0 Å². The summed E-state index contributed by atoms with van der Waals surface area (Å²) in [5.74, 6) is 0.853. The quantitative estimate of drug-likeness (QED) is 0.767. The van der Waals surface area contributed by atoms with Gasteiger partial charge in [0, 0.05) is 11.3 Å². The molecule has 96 valence electrons. The predicted molar refractivity (Wildman–Crippen MR) is 72.8 cm³/mol. The number of aryl methyl sites for hydroxylation is 1. The number of para-hydroxylation sites is 1. The van der Waals surface area contributed by atoms with E-state index in [0.29, 0.717) is 0 Å². The number of H-pyrrole nitrogens is 1. The second kappa shape index (κ2) is 6.21. The molecular formula is C14H19N3O. The molecule has 0 spiro atoms. The van der Waals surface area contributed by atoms with Gasteiger partial charge in [0.15, 0.2) is 0 Å². The van der Waals surface area contributed by atoms with Gasteiger partial charge in [-0.05, 0) is 44.6 Å². The number of rotatable bonds is 6. The van der Waals surface area contributed by atoms with Crippen molar-refractivity contribution in [2.24, 2.45) is 0 Å². The second-order valence-electron chi connectivity index (χ2n) is 4.19. The summed E-state index contributed by atoms with van der Waals surface area (Å²) in [6, 6.07) is 10.0. The molecule has 2 N–H and O–H groups in total. The Balaban J connectivity index is 2.13. The van der Waals surface area contributed by atoms with Gasteiger partial charge in [-0.25, -0.2) is 0 Å². The Hall–Kier alpha value is -1.81. The molecule has 1 aromatic carbocycles. The monoisotopic (exact) mass is 245 g/mol. The molecule has 1 heterocycles. The largest absolute Gasteiger partial charge is 0.496 e. The number of benzene rings is 1. The van der Waals surface area contributed by atoms with Gasteiger partial charge < -0.3 is 10.1 Å². The molecular weight excluding hydrogens is 226 g/mol. The van der Waals surface area contributed by atoms with Crippen molar-refractivity contribution < 1.29 is 4.74 Å². The molecule has 0 aliphatic heterocycles. The summed E-state index contributed by atoms with van der Waals surface area (Å²) in [6.07, 6.45) is 2.10. The number of hydrogen-bond acceptors (Lipinski definition) is 3. The minimum atomic E-state index is 0.853. The molecule has 0 amide bonds. The molecule has 1 aromatic heterocycles. The van der Waals surface area contributed by atoms with Crippen LogP contribution in [0.25, 0.3) is 11.3 Å². The maximum Gasteiger partial charge on any atom is 0.128 e. The summed E-state index contributed by atoms with van der Waals surface area (Å²) in [4.78, 5) is 0. The smallest absolute Gasteiger partial charge is 0.128 e. The van der Waals surface area contributed by atoms with Gasteiger partial charge >= 0.3 is 0 Å². The van der Waals surface area contributed by atoms with Gasteiger partial charge in [-0.15, -0.1) is 0 Å². The van der Waals surface area contributed by atoms with Gasteiger partial charge in [0.25, 0.3) is 0 Å². The topological polar surface area (TPSA) is 49.9 Å². The van der Waals surface area contributed by atoms with Crippen LogP contribution in [0, 0.1) is 0 Å². The molecule has 18 heavy (non-hydrogen) atoms. The van der Waals surface area contributed by atoms with Gasteiger partial charge in [0.1, 0.15) is 5.75 Å². The molecule has 2 aromatic rings. The van der Waals surface area contributed by atoms with Crippen molar-refractivity contribution in [3.05, 3.63) is 36.0 Å². The average Bonchev–Trinajstić information content (AvgIpc) is 2.88. The van der Waals surface area contributed by atoms with Crippen molar-refractivity contribution in [3.63, 3.8) is 0 Å². The van der Waals surface area contributed by atoms with Crippen LogP contribution < -0.4 is 10.1 Å². The number of ether oxygens (including phenoxy) is 1. The molecule has 2 rings (SSSR count). The SMILES string of the molecule is CNCCCc1cc(-c2ccccc2OC)n[nH]1. The van der Waals surface area contributed by atoms with Gasteiger partial charge in [-0.1, -0.05) is 12.1 Å². The van der Waals surface area contributed by atoms with E-state index in [1.165, 1.54) is 0 Å². The zero-order valence-electron chi connectivity index (χ0n) is 10.9. The fourth-order valence-electron chi connectivity index (χ4n) is 1.94. The molecule has 0 fully saturated rings. The van der Waals surface area contributed by atoms with Crippen LogP contribution in [0.15, 0.2) is 30.3 Å². The number of nitrogens with one attached hydrogen (secondary N) is 2. The number of aromatic amines is 1. The fraction of sp³-hybridized carbons (Fsp3) is 0.357. The first kappa shape index (κ1) is 12.6. The van der Waals surface area contributed by atoms with Gasteiger partial charge in [0.05, 0.1) is 12.8 Å². The normalized spacial score (nSPS) is 10.6. The number of methoxy groups -OCH3 is 1. The second-order valence-corrected chi connectivity index (χ2v) is 4.19. The van der Waals surface area contributed by atoms with E-state index in [1.54, 1.807) is 7.11 Å². The van der Waals surface area contributed by atoms with E-state index in [2.05, 4.69) is 21.6 Å². The van der Waals surface area contributed by atoms with Crippen molar-refractivity contribution in [3.8, 4) is 17.0 Å². The van der Waals surface area contributed by atoms with E-state index in [4.69, 9.17) is 4.74 Å². The third-order valence-corrected chi connectivity index (χ3v) is 2.89. The molecule has 0 saturated carbocycles. The van der Waals surface area contributed by atoms with Crippen molar-refractivity contribution in [1.29, 1.82) is 0 Å². The minimum Gasteiger partial charge on any atom is -0.496 e. The molecule has 4 heteroatoms. The molecule has 0 radical (unpaired) electrons. The van der Waals surface area contributed by atoms with Crippen LogP contribution in [0.3, 0.4) is 0 Å². The third-order valence-electron chi connectivity index (χ3n) is 2.89. The Bertz CT molecular complexity index is 493. The first-order valence-corrected chi connectivity index (χ1v) is 6.17. The summed E-state index contributed by atoms with van der Waals surface area (Å²) in [5.41, 5.74) is 3.12. The zero-order chi connectivity index (χ0) is 12.8. The van der Waals surface area contributed by atoms with E-state index in [-0.39, 0.29) is 0 Å². The highest BCUT2D eigenvalue weighted by atomic mass is 16.5. The van der Waals surface area contributed by atoms with E-state index in [1.807, 2.05) is 31.3 Å². The van der Waals surface area contributed by atoms with Gasteiger partial charge in [-0.3, -0.25) is 5.10 Å². The Morgan fingerprint density at radius 3 is 2.94 bits per heavy atom. The van der Waals surface area contributed by atoms with Crippen LogP contribution in [0.2, 0.25) is 0 Å². The molecule has 4 nitrogen and oxygen atoms in total. The van der Waals surface area contributed by atoms with Crippen LogP contribution in [-0.4, -0.2) is 30.9 Å². The lowest BCUT2D eigenvalue weighted by Crippen LogP contribution is -2.08. The Morgan fingerprint density at radius 2 is 2.17 bits per heavy atom. The van der Waals surface area contributed by atoms with Gasteiger partial charge in [0.2, 0.25) is 0 Å². The summed E-state index contributed by atoms with van der Waals surface area (Å²) in [6.45, 7) is 1.02. The molecule has 0 atom stereocenters. The van der Waals surface area contributed by atoms with Crippen LogP contribution in [0.4, 0.5) is 0 Å². The summed E-state index contributed by atoms with van der Waals surface area (Å²) < 4.78 is 5.34.